The molecular formula is C9H6F2O2S. The van der Waals surface area contributed by atoms with E-state index in [1.54, 1.807) is 0 Å². The fourth-order valence-electron chi connectivity index (χ4n) is 0.683. The number of halogens is 2. The highest BCUT2D eigenvalue weighted by atomic mass is 32.2. The van der Waals surface area contributed by atoms with Gasteiger partial charge in [0.15, 0.2) is 0 Å². The molecule has 1 rings (SSSR count). The van der Waals surface area contributed by atoms with E-state index in [2.05, 4.69) is 0 Å². The van der Waals surface area contributed by atoms with Gasteiger partial charge >= 0.3 is 5.97 Å². The Morgan fingerprint density at radius 2 is 1.93 bits per heavy atom. The molecule has 1 N–H and O–H groups in total. The van der Waals surface area contributed by atoms with Crippen LogP contribution in [0.25, 0.3) is 0 Å². The van der Waals surface area contributed by atoms with Crippen LogP contribution < -0.4 is 0 Å². The van der Waals surface area contributed by atoms with Gasteiger partial charge in [0, 0.05) is 10.3 Å². The molecule has 2 nitrogen and oxygen atoms in total. The van der Waals surface area contributed by atoms with Crippen molar-refractivity contribution in [2.24, 2.45) is 0 Å². The molecular weight excluding hydrogens is 210 g/mol. The molecule has 0 radical (unpaired) electrons. The minimum Gasteiger partial charge on any atom is -0.476 e. The molecule has 0 aliphatic heterocycles. The maximum Gasteiger partial charge on any atom is 0.365 e. The highest BCUT2D eigenvalue weighted by Gasteiger charge is 2.04. The molecule has 1 aromatic rings. The fraction of sp³-hybridized carbons (Fsp3) is 0. The van der Waals surface area contributed by atoms with Crippen LogP contribution in [-0.2, 0) is 4.79 Å². The van der Waals surface area contributed by atoms with Crippen LogP contribution in [0.5, 0.6) is 0 Å². The van der Waals surface area contributed by atoms with E-state index in [4.69, 9.17) is 5.11 Å². The summed E-state index contributed by atoms with van der Waals surface area (Å²) in [6.07, 6.45) is 0. The Morgan fingerprint density at radius 3 is 2.43 bits per heavy atom. The second-order valence-electron chi connectivity index (χ2n) is 2.34. The summed E-state index contributed by atoms with van der Waals surface area (Å²) < 4.78 is 24.9. The van der Waals surface area contributed by atoms with Crippen molar-refractivity contribution in [3.05, 3.63) is 41.3 Å². The van der Waals surface area contributed by atoms with Gasteiger partial charge in [-0.2, -0.15) is 4.39 Å². The average molecular weight is 216 g/mol. The first-order valence-corrected chi connectivity index (χ1v) is 4.49. The summed E-state index contributed by atoms with van der Waals surface area (Å²) >= 11 is 0.881. The molecule has 0 atom stereocenters. The smallest absolute Gasteiger partial charge is 0.365 e. The Bertz CT molecular complexity index is 360. The standard InChI is InChI=1S/C9H6F2O2S/c10-6-1-3-7(4-2-6)14-5-8(11)9(12)13/h1-5H,(H,12,13)/b8-5-. The van der Waals surface area contributed by atoms with E-state index in [0.29, 0.717) is 4.90 Å². The predicted octanol–water partition coefficient (Wildman–Crippen LogP) is 2.81. The molecule has 74 valence electrons. The number of aliphatic carboxylic acids is 1. The normalized spacial score (nSPS) is 11.4. The van der Waals surface area contributed by atoms with Gasteiger partial charge in [-0.25, -0.2) is 9.18 Å². The molecule has 0 aliphatic carbocycles. The van der Waals surface area contributed by atoms with Gasteiger partial charge in [-0.1, -0.05) is 11.8 Å². The monoisotopic (exact) mass is 216 g/mol. The van der Waals surface area contributed by atoms with Crippen molar-refractivity contribution >= 4 is 17.7 Å². The fourth-order valence-corrected chi connectivity index (χ4v) is 1.32. The van der Waals surface area contributed by atoms with Gasteiger partial charge in [0.25, 0.3) is 0 Å². The van der Waals surface area contributed by atoms with Crippen LogP contribution >= 0.6 is 11.8 Å². The van der Waals surface area contributed by atoms with Crippen molar-refractivity contribution in [3.8, 4) is 0 Å². The molecule has 14 heavy (non-hydrogen) atoms. The summed E-state index contributed by atoms with van der Waals surface area (Å²) in [4.78, 5) is 10.6. The van der Waals surface area contributed by atoms with Gasteiger partial charge < -0.3 is 5.11 Å². The molecule has 0 aromatic heterocycles. The minimum atomic E-state index is -1.61. The number of benzene rings is 1. The van der Waals surface area contributed by atoms with E-state index >= 15 is 0 Å². The van der Waals surface area contributed by atoms with Crippen molar-refractivity contribution in [1.29, 1.82) is 0 Å². The van der Waals surface area contributed by atoms with E-state index in [9.17, 15) is 13.6 Å². The first-order valence-electron chi connectivity index (χ1n) is 3.61. The van der Waals surface area contributed by atoms with Crippen molar-refractivity contribution in [2.45, 2.75) is 4.90 Å². The first kappa shape index (κ1) is 10.7. The van der Waals surface area contributed by atoms with E-state index in [-0.39, 0.29) is 0 Å². The Labute approximate surface area is 83.2 Å². The number of hydrogen-bond donors (Lipinski definition) is 1. The maximum absolute atomic E-state index is 12.5. The zero-order valence-electron chi connectivity index (χ0n) is 6.91. The molecule has 0 amide bonds. The third-order valence-corrected chi connectivity index (χ3v) is 2.19. The van der Waals surface area contributed by atoms with Gasteiger partial charge in [-0.05, 0) is 24.3 Å². The van der Waals surface area contributed by atoms with Crippen LogP contribution in [0.3, 0.4) is 0 Å². The summed E-state index contributed by atoms with van der Waals surface area (Å²) in [5.41, 5.74) is 0. The zero-order chi connectivity index (χ0) is 10.6. The van der Waals surface area contributed by atoms with E-state index in [1.807, 2.05) is 0 Å². The number of rotatable bonds is 3. The third kappa shape index (κ3) is 3.18. The van der Waals surface area contributed by atoms with E-state index in [0.717, 1.165) is 17.2 Å². The molecule has 0 aliphatic rings. The van der Waals surface area contributed by atoms with Gasteiger partial charge in [0.05, 0.1) is 0 Å². The molecule has 5 heteroatoms. The number of carboxylic acid groups (broad SMARTS) is 1. The number of carbonyl (C=O) groups is 1. The summed E-state index contributed by atoms with van der Waals surface area (Å²) in [5.74, 6) is -3.24. The summed E-state index contributed by atoms with van der Waals surface area (Å²) in [6.45, 7) is 0. The van der Waals surface area contributed by atoms with Crippen LogP contribution in [0, 0.1) is 5.82 Å². The molecule has 0 saturated heterocycles. The Kier molecular flexibility index (Phi) is 3.64. The number of thioether (sulfide) groups is 1. The molecule has 0 heterocycles. The predicted molar refractivity (Wildman–Crippen MR) is 49.1 cm³/mol. The SMILES string of the molecule is O=C(O)/C(F)=C/Sc1ccc(F)cc1. The van der Waals surface area contributed by atoms with Crippen LogP contribution in [0.4, 0.5) is 8.78 Å². The van der Waals surface area contributed by atoms with Crippen molar-refractivity contribution < 1.29 is 18.7 Å². The Balaban J connectivity index is 2.66. The van der Waals surface area contributed by atoms with Crippen molar-refractivity contribution in [2.75, 3.05) is 0 Å². The summed E-state index contributed by atoms with van der Waals surface area (Å²) in [5, 5.41) is 9.04. The average Bonchev–Trinajstić information content (AvgIpc) is 2.16. The molecule has 0 unspecified atom stereocenters. The van der Waals surface area contributed by atoms with Crippen LogP contribution in [0.2, 0.25) is 0 Å². The maximum atomic E-state index is 12.5. The van der Waals surface area contributed by atoms with Crippen LogP contribution in [-0.4, -0.2) is 11.1 Å². The minimum absolute atomic E-state index is 0.392. The van der Waals surface area contributed by atoms with Gasteiger partial charge in [-0.3, -0.25) is 0 Å². The van der Waals surface area contributed by atoms with Gasteiger partial charge in [0.2, 0.25) is 5.83 Å². The van der Waals surface area contributed by atoms with Crippen LogP contribution in [0.1, 0.15) is 0 Å². The highest BCUT2D eigenvalue weighted by molar-refractivity contribution is 8.02. The molecule has 0 bridgehead atoms. The lowest BCUT2D eigenvalue weighted by atomic mass is 10.4. The molecule has 0 spiro atoms. The Hall–Kier alpha value is -1.36. The van der Waals surface area contributed by atoms with Gasteiger partial charge in [0.1, 0.15) is 5.82 Å². The quantitative estimate of drug-likeness (QED) is 0.623. The molecule has 0 fully saturated rings. The lowest BCUT2D eigenvalue weighted by molar-refractivity contribution is -0.134. The summed E-state index contributed by atoms with van der Waals surface area (Å²) in [6, 6.07) is 5.31. The zero-order valence-corrected chi connectivity index (χ0v) is 7.72. The van der Waals surface area contributed by atoms with Crippen molar-refractivity contribution in [1.82, 2.24) is 0 Å². The first-order chi connectivity index (χ1) is 6.59. The largest absolute Gasteiger partial charge is 0.476 e. The topological polar surface area (TPSA) is 37.3 Å². The molecule has 0 saturated carbocycles. The second kappa shape index (κ2) is 4.76. The van der Waals surface area contributed by atoms with E-state index in [1.165, 1.54) is 24.3 Å². The van der Waals surface area contributed by atoms with Crippen molar-refractivity contribution in [3.63, 3.8) is 0 Å². The molecule has 1 aromatic carbocycles. The Morgan fingerprint density at radius 1 is 1.36 bits per heavy atom. The third-order valence-electron chi connectivity index (χ3n) is 1.32. The lowest BCUT2D eigenvalue weighted by Crippen LogP contribution is -1.92. The van der Waals surface area contributed by atoms with E-state index < -0.39 is 17.6 Å². The van der Waals surface area contributed by atoms with Gasteiger partial charge in [-0.15, -0.1) is 0 Å². The highest BCUT2D eigenvalue weighted by Crippen LogP contribution is 2.21. The summed E-state index contributed by atoms with van der Waals surface area (Å²) in [7, 11) is 0. The number of carboxylic acids is 1. The number of hydrogen-bond acceptors (Lipinski definition) is 2. The lowest BCUT2D eigenvalue weighted by Gasteiger charge is -1.94. The second-order valence-corrected chi connectivity index (χ2v) is 3.29. The van der Waals surface area contributed by atoms with Crippen LogP contribution in [0.15, 0.2) is 40.4 Å².